The molecule has 3 heterocycles. The summed E-state index contributed by atoms with van der Waals surface area (Å²) in [6, 6.07) is 8.42. The molecule has 0 spiro atoms. The fraction of sp³-hybridized carbons (Fsp3) is 0.450. The van der Waals surface area contributed by atoms with Gasteiger partial charge >= 0.3 is 0 Å². The lowest BCUT2D eigenvalue weighted by Crippen LogP contribution is -2.27. The number of imidazole rings is 1. The van der Waals surface area contributed by atoms with E-state index in [1.807, 2.05) is 29.1 Å². The lowest BCUT2D eigenvalue weighted by Gasteiger charge is -2.25. The fourth-order valence-electron chi connectivity index (χ4n) is 3.84. The fourth-order valence-corrected chi connectivity index (χ4v) is 3.84. The molecule has 26 heavy (non-hydrogen) atoms. The molecule has 0 aliphatic carbocycles. The largest absolute Gasteiger partial charge is 0.325 e. The molecule has 4 rings (SSSR count). The summed E-state index contributed by atoms with van der Waals surface area (Å²) in [5.74, 6) is 2.17. The van der Waals surface area contributed by atoms with E-state index in [0.717, 1.165) is 34.8 Å². The van der Waals surface area contributed by atoms with Gasteiger partial charge in [0.1, 0.15) is 11.6 Å². The first-order valence-electron chi connectivity index (χ1n) is 9.28. The average molecular weight is 351 g/mol. The average Bonchev–Trinajstić information content (AvgIpc) is 3.15. The molecule has 1 atom stereocenters. The molecular weight excluding hydrogens is 326 g/mol. The summed E-state index contributed by atoms with van der Waals surface area (Å²) >= 11 is 0. The zero-order chi connectivity index (χ0) is 18.4. The van der Waals surface area contributed by atoms with Crippen molar-refractivity contribution < 1.29 is 4.79 Å². The molecular formula is C20H25N5O. The van der Waals surface area contributed by atoms with Gasteiger partial charge in [-0.05, 0) is 31.9 Å². The summed E-state index contributed by atoms with van der Waals surface area (Å²) in [5.41, 5.74) is 3.14. The van der Waals surface area contributed by atoms with Crippen LogP contribution < -0.4 is 5.32 Å². The summed E-state index contributed by atoms with van der Waals surface area (Å²) in [4.78, 5) is 17.4. The number of para-hydroxylation sites is 2. The Labute approximate surface area is 153 Å². The predicted molar refractivity (Wildman–Crippen MR) is 102 cm³/mol. The Kier molecular flexibility index (Phi) is 4.05. The van der Waals surface area contributed by atoms with Gasteiger partial charge < -0.3 is 9.88 Å². The number of nitrogens with one attached hydrogen (secondary N) is 1. The van der Waals surface area contributed by atoms with Gasteiger partial charge in [0, 0.05) is 24.6 Å². The molecule has 1 amide bonds. The van der Waals surface area contributed by atoms with Crippen LogP contribution >= 0.6 is 0 Å². The Morgan fingerprint density at radius 3 is 2.73 bits per heavy atom. The number of rotatable bonds is 4. The van der Waals surface area contributed by atoms with E-state index in [0.29, 0.717) is 12.3 Å². The van der Waals surface area contributed by atoms with Gasteiger partial charge in [0.25, 0.3) is 0 Å². The van der Waals surface area contributed by atoms with Crippen LogP contribution in [-0.2, 0) is 11.3 Å². The third-order valence-electron chi connectivity index (χ3n) is 4.88. The first-order chi connectivity index (χ1) is 12.5. The Bertz CT molecular complexity index is 966. The van der Waals surface area contributed by atoms with Gasteiger partial charge in [-0.25, -0.2) is 9.67 Å². The number of hydrogen-bond acceptors (Lipinski definition) is 3. The standard InChI is InChI=1S/C20H25N5O/c1-12(2)11-24-19-15(10-21-24)14(9-18(26)23-19)20-22-16-7-5-6-8-17(16)25(20)13(3)4/h5-8,10,12-14H,9,11H2,1-4H3,(H,23,26)/t14-/m1/s1. The van der Waals surface area contributed by atoms with E-state index in [4.69, 9.17) is 4.98 Å². The number of benzene rings is 1. The highest BCUT2D eigenvalue weighted by Crippen LogP contribution is 2.39. The maximum Gasteiger partial charge on any atom is 0.226 e. The van der Waals surface area contributed by atoms with E-state index in [1.165, 1.54) is 0 Å². The second-order valence-electron chi connectivity index (χ2n) is 7.75. The summed E-state index contributed by atoms with van der Waals surface area (Å²) < 4.78 is 4.16. The molecule has 2 aromatic heterocycles. The number of nitrogens with zero attached hydrogens (tertiary/aromatic N) is 4. The van der Waals surface area contributed by atoms with Crippen molar-refractivity contribution in [1.29, 1.82) is 0 Å². The van der Waals surface area contributed by atoms with E-state index in [1.54, 1.807) is 0 Å². The Morgan fingerprint density at radius 2 is 2.00 bits per heavy atom. The molecule has 0 unspecified atom stereocenters. The highest BCUT2D eigenvalue weighted by Gasteiger charge is 2.33. The smallest absolute Gasteiger partial charge is 0.226 e. The van der Waals surface area contributed by atoms with Crippen LogP contribution in [0.4, 0.5) is 5.82 Å². The molecule has 0 saturated heterocycles. The van der Waals surface area contributed by atoms with E-state index in [9.17, 15) is 4.79 Å². The van der Waals surface area contributed by atoms with Gasteiger partial charge in [-0.2, -0.15) is 5.10 Å². The lowest BCUT2D eigenvalue weighted by atomic mass is 9.93. The molecule has 0 fully saturated rings. The molecule has 1 aliphatic heterocycles. The predicted octanol–water partition coefficient (Wildman–Crippen LogP) is 3.94. The zero-order valence-electron chi connectivity index (χ0n) is 15.7. The van der Waals surface area contributed by atoms with Crippen LogP contribution in [0.3, 0.4) is 0 Å². The van der Waals surface area contributed by atoms with Crippen LogP contribution in [0.5, 0.6) is 0 Å². The topological polar surface area (TPSA) is 64.7 Å². The molecule has 3 aromatic rings. The van der Waals surface area contributed by atoms with Crippen molar-refractivity contribution >= 4 is 22.8 Å². The minimum absolute atomic E-state index is 0.0235. The third kappa shape index (κ3) is 2.69. The van der Waals surface area contributed by atoms with E-state index in [2.05, 4.69) is 48.7 Å². The van der Waals surface area contributed by atoms with Crippen molar-refractivity contribution in [1.82, 2.24) is 19.3 Å². The second-order valence-corrected chi connectivity index (χ2v) is 7.75. The van der Waals surface area contributed by atoms with E-state index in [-0.39, 0.29) is 17.9 Å². The maximum atomic E-state index is 12.5. The number of amides is 1. The number of carbonyl (C=O) groups excluding carboxylic acids is 1. The molecule has 6 nitrogen and oxygen atoms in total. The molecule has 6 heteroatoms. The molecule has 0 bridgehead atoms. The summed E-state index contributed by atoms with van der Waals surface area (Å²) in [6.07, 6.45) is 2.29. The molecule has 0 radical (unpaired) electrons. The Morgan fingerprint density at radius 1 is 1.23 bits per heavy atom. The first kappa shape index (κ1) is 16.8. The van der Waals surface area contributed by atoms with Gasteiger partial charge in [0.05, 0.1) is 23.1 Å². The zero-order valence-corrected chi connectivity index (χ0v) is 15.7. The van der Waals surface area contributed by atoms with Gasteiger partial charge in [0.2, 0.25) is 5.91 Å². The quantitative estimate of drug-likeness (QED) is 0.774. The van der Waals surface area contributed by atoms with Crippen LogP contribution in [0, 0.1) is 5.92 Å². The van der Waals surface area contributed by atoms with E-state index >= 15 is 0 Å². The van der Waals surface area contributed by atoms with Crippen molar-refractivity contribution in [3.05, 3.63) is 41.9 Å². The number of hydrogen-bond donors (Lipinski definition) is 1. The molecule has 136 valence electrons. The maximum absolute atomic E-state index is 12.5. The Balaban J connectivity index is 1.87. The summed E-state index contributed by atoms with van der Waals surface area (Å²) in [5, 5.41) is 7.56. The Hall–Kier alpha value is -2.63. The van der Waals surface area contributed by atoms with Crippen LogP contribution in [0.15, 0.2) is 30.5 Å². The minimum Gasteiger partial charge on any atom is -0.325 e. The van der Waals surface area contributed by atoms with Gasteiger partial charge in [0.15, 0.2) is 0 Å². The molecule has 1 aliphatic rings. The van der Waals surface area contributed by atoms with E-state index < -0.39 is 0 Å². The van der Waals surface area contributed by atoms with Crippen LogP contribution in [-0.4, -0.2) is 25.2 Å². The van der Waals surface area contributed by atoms with Gasteiger partial charge in [-0.1, -0.05) is 26.0 Å². The molecule has 0 saturated carbocycles. The first-order valence-corrected chi connectivity index (χ1v) is 9.28. The SMILES string of the molecule is CC(C)Cn1ncc2c1NC(=O)C[C@H]2c1nc2ccccc2n1C(C)C. The highest BCUT2D eigenvalue weighted by molar-refractivity contribution is 5.94. The normalized spacial score (nSPS) is 17.2. The lowest BCUT2D eigenvalue weighted by molar-refractivity contribution is -0.116. The minimum atomic E-state index is -0.0746. The van der Waals surface area contributed by atoms with Crippen molar-refractivity contribution in [3.63, 3.8) is 0 Å². The monoisotopic (exact) mass is 351 g/mol. The van der Waals surface area contributed by atoms with Crippen molar-refractivity contribution in [2.75, 3.05) is 5.32 Å². The molecule has 1 N–H and O–H groups in total. The van der Waals surface area contributed by atoms with Gasteiger partial charge in [-0.15, -0.1) is 0 Å². The van der Waals surface area contributed by atoms with Crippen molar-refractivity contribution in [3.8, 4) is 0 Å². The number of aromatic nitrogens is 4. The third-order valence-corrected chi connectivity index (χ3v) is 4.88. The highest BCUT2D eigenvalue weighted by atomic mass is 16.1. The number of anilines is 1. The summed E-state index contributed by atoms with van der Waals surface area (Å²) in [6.45, 7) is 9.39. The molecule has 1 aromatic carbocycles. The number of fused-ring (bicyclic) bond motifs is 2. The van der Waals surface area contributed by atoms with Gasteiger partial charge in [-0.3, -0.25) is 4.79 Å². The second kappa shape index (κ2) is 6.27. The van der Waals surface area contributed by atoms with Crippen LogP contribution in [0.2, 0.25) is 0 Å². The number of carbonyl (C=O) groups is 1. The van der Waals surface area contributed by atoms with Crippen LogP contribution in [0.25, 0.3) is 11.0 Å². The van der Waals surface area contributed by atoms with Crippen molar-refractivity contribution in [2.45, 2.75) is 52.6 Å². The van der Waals surface area contributed by atoms with Crippen LogP contribution in [0.1, 0.15) is 57.5 Å². The van der Waals surface area contributed by atoms with Crippen molar-refractivity contribution in [2.24, 2.45) is 5.92 Å². The summed E-state index contributed by atoms with van der Waals surface area (Å²) in [7, 11) is 0.